The van der Waals surface area contributed by atoms with E-state index in [2.05, 4.69) is 71.3 Å². The Hall–Kier alpha value is -5.79. The van der Waals surface area contributed by atoms with Gasteiger partial charge in [0, 0.05) is 37.9 Å². The zero-order valence-electron chi connectivity index (χ0n) is 21.8. The molecule has 6 aromatic carbocycles. The lowest BCUT2D eigenvalue weighted by Gasteiger charge is -2.16. The number of furan rings is 2. The van der Waals surface area contributed by atoms with E-state index in [1.807, 2.05) is 60.7 Å². The zero-order chi connectivity index (χ0) is 27.1. The van der Waals surface area contributed by atoms with E-state index in [4.69, 9.17) is 8.83 Å². The summed E-state index contributed by atoms with van der Waals surface area (Å²) in [5.74, 6) is 0. The van der Waals surface area contributed by atoms with Crippen molar-refractivity contribution in [2.75, 3.05) is 0 Å². The second-order valence-corrected chi connectivity index (χ2v) is 10.4. The van der Waals surface area contributed by atoms with Gasteiger partial charge in [0.15, 0.2) is 5.58 Å². The van der Waals surface area contributed by atoms with Gasteiger partial charge in [-0.1, -0.05) is 78.9 Å². The molecule has 0 unspecified atom stereocenters. The number of rotatable bonds is 2. The molecule has 0 radical (unpaired) electrons. The van der Waals surface area contributed by atoms with Crippen LogP contribution in [0.2, 0.25) is 0 Å². The summed E-state index contributed by atoms with van der Waals surface area (Å²) in [5, 5.41) is 16.9. The fourth-order valence-electron chi connectivity index (χ4n) is 6.46. The number of nitrogens with zero attached hydrogens (tertiary/aromatic N) is 2. The van der Waals surface area contributed by atoms with Crippen LogP contribution in [0.15, 0.2) is 130 Å². The molecular formula is C37H20N2O2. The maximum atomic E-state index is 10.4. The normalized spacial score (nSPS) is 11.9. The summed E-state index contributed by atoms with van der Waals surface area (Å²) in [6.45, 7) is 0. The van der Waals surface area contributed by atoms with E-state index in [1.54, 1.807) is 0 Å². The van der Waals surface area contributed by atoms with Crippen LogP contribution in [0.25, 0.3) is 82.5 Å². The highest BCUT2D eigenvalue weighted by Gasteiger charge is 2.23. The van der Waals surface area contributed by atoms with E-state index in [-0.39, 0.29) is 0 Å². The van der Waals surface area contributed by atoms with Gasteiger partial charge < -0.3 is 13.4 Å². The zero-order valence-corrected chi connectivity index (χ0v) is 21.8. The second-order valence-electron chi connectivity index (χ2n) is 10.4. The maximum Gasteiger partial charge on any atom is 0.160 e. The lowest BCUT2D eigenvalue weighted by atomic mass is 9.98. The quantitative estimate of drug-likeness (QED) is 0.226. The Morgan fingerprint density at radius 3 is 2.05 bits per heavy atom. The Bertz CT molecular complexity index is 2550. The standard InChI is InChI=1S/C37H20N2O2/c38-21-23-8-7-12-24(22-16-19-34-30(20-22)27-11-3-5-14-32(27)40-34)35(23)39-31-13-4-1-9-25(31)28-17-18-29-26-10-2-6-15-33(26)41-37(29)36(28)39/h1-20H. The monoisotopic (exact) mass is 524 g/mol. The van der Waals surface area contributed by atoms with Gasteiger partial charge in [-0.15, -0.1) is 0 Å². The summed E-state index contributed by atoms with van der Waals surface area (Å²) in [6, 6.07) is 43.6. The molecule has 0 aliphatic carbocycles. The molecule has 0 bridgehead atoms. The highest BCUT2D eigenvalue weighted by atomic mass is 16.3. The van der Waals surface area contributed by atoms with Gasteiger partial charge in [-0.05, 0) is 48.0 Å². The predicted octanol–water partition coefficient (Wildman–Crippen LogP) is 10.1. The highest BCUT2D eigenvalue weighted by Crippen LogP contribution is 2.43. The fraction of sp³-hybridized carbons (Fsp3) is 0. The van der Waals surface area contributed by atoms with Gasteiger partial charge in [0.2, 0.25) is 0 Å². The first kappa shape index (κ1) is 22.1. The minimum absolute atomic E-state index is 0.593. The minimum atomic E-state index is 0.593. The molecule has 0 N–H and O–H groups in total. The first-order valence-corrected chi connectivity index (χ1v) is 13.6. The van der Waals surface area contributed by atoms with E-state index in [0.717, 1.165) is 82.5 Å². The van der Waals surface area contributed by atoms with Gasteiger partial charge in [-0.3, -0.25) is 0 Å². The Kier molecular flexibility index (Phi) is 4.37. The molecule has 0 amide bonds. The average Bonchev–Trinajstić information content (AvgIpc) is 3.69. The lowest BCUT2D eigenvalue weighted by molar-refractivity contribution is 0.669. The van der Waals surface area contributed by atoms with Crippen molar-refractivity contribution in [3.63, 3.8) is 0 Å². The lowest BCUT2D eigenvalue weighted by Crippen LogP contribution is -2.01. The molecule has 0 saturated heterocycles. The summed E-state index contributed by atoms with van der Waals surface area (Å²) in [7, 11) is 0. The molecule has 9 aromatic rings. The third kappa shape index (κ3) is 2.98. The van der Waals surface area contributed by atoms with Crippen LogP contribution < -0.4 is 0 Å². The van der Waals surface area contributed by atoms with Gasteiger partial charge in [-0.2, -0.15) is 5.26 Å². The SMILES string of the molecule is N#Cc1cccc(-c2ccc3oc4ccccc4c3c2)c1-n1c2ccccc2c2ccc3c4ccccc4oc3c21. The van der Waals surface area contributed by atoms with Crippen LogP contribution in [-0.4, -0.2) is 4.57 Å². The first-order valence-electron chi connectivity index (χ1n) is 13.6. The maximum absolute atomic E-state index is 10.4. The molecule has 3 heterocycles. The minimum Gasteiger partial charge on any atom is -0.456 e. The molecular weight excluding hydrogens is 504 g/mol. The van der Waals surface area contributed by atoms with Crippen LogP contribution in [0.5, 0.6) is 0 Å². The van der Waals surface area contributed by atoms with Crippen molar-refractivity contribution in [2.24, 2.45) is 0 Å². The molecule has 0 fully saturated rings. The summed E-state index contributed by atoms with van der Waals surface area (Å²) in [4.78, 5) is 0. The number of aromatic nitrogens is 1. The third-order valence-corrected chi connectivity index (χ3v) is 8.25. The molecule has 3 aromatic heterocycles. The number of nitriles is 1. The molecule has 190 valence electrons. The second kappa shape index (κ2) is 8.11. The van der Waals surface area contributed by atoms with Gasteiger partial charge in [0.05, 0.1) is 22.3 Å². The third-order valence-electron chi connectivity index (χ3n) is 8.25. The van der Waals surface area contributed by atoms with E-state index < -0.39 is 0 Å². The number of benzene rings is 6. The molecule has 4 heteroatoms. The van der Waals surface area contributed by atoms with Crippen molar-refractivity contribution in [1.29, 1.82) is 5.26 Å². The molecule has 9 rings (SSSR count). The van der Waals surface area contributed by atoms with E-state index in [1.165, 1.54) is 0 Å². The number of para-hydroxylation sites is 4. The summed E-state index contributed by atoms with van der Waals surface area (Å²) < 4.78 is 14.9. The van der Waals surface area contributed by atoms with Gasteiger partial charge in [0.1, 0.15) is 22.8 Å². The Morgan fingerprint density at radius 1 is 0.537 bits per heavy atom. The molecule has 0 aliphatic heterocycles. The van der Waals surface area contributed by atoms with Crippen LogP contribution in [0, 0.1) is 11.3 Å². The van der Waals surface area contributed by atoms with E-state index >= 15 is 0 Å². The number of fused-ring (bicyclic) bond motifs is 10. The Balaban J connectivity index is 1.45. The first-order chi connectivity index (χ1) is 20.3. The summed E-state index contributed by atoms with van der Waals surface area (Å²) in [5.41, 5.74) is 8.75. The topological polar surface area (TPSA) is 55.0 Å². The molecule has 4 nitrogen and oxygen atoms in total. The molecule has 0 saturated carbocycles. The number of hydrogen-bond donors (Lipinski definition) is 0. The van der Waals surface area contributed by atoms with Crippen LogP contribution in [0.1, 0.15) is 5.56 Å². The largest absolute Gasteiger partial charge is 0.456 e. The molecule has 0 spiro atoms. The van der Waals surface area contributed by atoms with Gasteiger partial charge in [0.25, 0.3) is 0 Å². The van der Waals surface area contributed by atoms with Crippen molar-refractivity contribution in [3.8, 4) is 22.9 Å². The molecule has 41 heavy (non-hydrogen) atoms. The summed E-state index contributed by atoms with van der Waals surface area (Å²) in [6.07, 6.45) is 0. The Labute approximate surface area is 233 Å². The van der Waals surface area contributed by atoms with E-state index in [0.29, 0.717) is 5.56 Å². The van der Waals surface area contributed by atoms with Crippen LogP contribution in [0.4, 0.5) is 0 Å². The smallest absolute Gasteiger partial charge is 0.160 e. The molecule has 0 aliphatic rings. The van der Waals surface area contributed by atoms with Crippen molar-refractivity contribution in [3.05, 3.63) is 127 Å². The van der Waals surface area contributed by atoms with E-state index in [9.17, 15) is 5.26 Å². The summed E-state index contributed by atoms with van der Waals surface area (Å²) >= 11 is 0. The van der Waals surface area contributed by atoms with Crippen molar-refractivity contribution in [2.45, 2.75) is 0 Å². The fourth-order valence-corrected chi connectivity index (χ4v) is 6.46. The van der Waals surface area contributed by atoms with Crippen molar-refractivity contribution >= 4 is 65.7 Å². The predicted molar refractivity (Wildman–Crippen MR) is 165 cm³/mol. The highest BCUT2D eigenvalue weighted by molar-refractivity contribution is 6.22. The number of hydrogen-bond acceptors (Lipinski definition) is 3. The van der Waals surface area contributed by atoms with Crippen LogP contribution >= 0.6 is 0 Å². The average molecular weight is 525 g/mol. The van der Waals surface area contributed by atoms with Crippen molar-refractivity contribution < 1.29 is 8.83 Å². The molecule has 0 atom stereocenters. The van der Waals surface area contributed by atoms with Gasteiger partial charge in [-0.25, -0.2) is 0 Å². The van der Waals surface area contributed by atoms with Crippen LogP contribution in [0.3, 0.4) is 0 Å². The van der Waals surface area contributed by atoms with Crippen molar-refractivity contribution in [1.82, 2.24) is 4.57 Å². The van der Waals surface area contributed by atoms with Crippen LogP contribution in [-0.2, 0) is 0 Å². The Morgan fingerprint density at radius 2 is 1.22 bits per heavy atom. The van der Waals surface area contributed by atoms with Gasteiger partial charge >= 0.3 is 0 Å².